The Labute approximate surface area is 134 Å². The Hall–Kier alpha value is -2.39. The van der Waals surface area contributed by atoms with E-state index in [1.54, 1.807) is 0 Å². The summed E-state index contributed by atoms with van der Waals surface area (Å²) in [5.74, 6) is -0.895. The second-order valence-corrected chi connectivity index (χ2v) is 6.30. The molecule has 1 aromatic rings. The number of non-ortho nitro benzene ring substituents is 1. The van der Waals surface area contributed by atoms with E-state index in [0.717, 1.165) is 0 Å². The Morgan fingerprint density at radius 3 is 2.74 bits per heavy atom. The summed E-state index contributed by atoms with van der Waals surface area (Å²) in [5.41, 5.74) is -0.281. The number of nitro benzene ring substituents is 1. The van der Waals surface area contributed by atoms with Crippen LogP contribution in [0.5, 0.6) is 0 Å². The molecule has 2 atom stereocenters. The van der Waals surface area contributed by atoms with Gasteiger partial charge in [0, 0.05) is 12.1 Å². The lowest BCUT2D eigenvalue weighted by Gasteiger charge is -2.43. The Morgan fingerprint density at radius 2 is 2.13 bits per heavy atom. The molecule has 9 heteroatoms. The number of carbonyl (C=O) groups excluding carboxylic acids is 2. The maximum absolute atomic E-state index is 12.1. The summed E-state index contributed by atoms with van der Waals surface area (Å²) in [6, 6.07) is 5.61. The first-order valence-corrected chi connectivity index (χ1v) is 7.68. The third-order valence-electron chi connectivity index (χ3n) is 3.49. The topological polar surface area (TPSA) is 110 Å². The first kappa shape index (κ1) is 15.5. The zero-order valence-electron chi connectivity index (χ0n) is 11.7. The molecule has 23 heavy (non-hydrogen) atoms. The van der Waals surface area contributed by atoms with E-state index in [2.05, 4.69) is 0 Å². The number of aliphatic hydroxyl groups is 1. The van der Waals surface area contributed by atoms with Crippen molar-refractivity contribution in [1.82, 2.24) is 4.90 Å². The molecule has 3 rings (SSSR count). The molecule has 0 aromatic heterocycles. The van der Waals surface area contributed by atoms with Crippen LogP contribution in [0.15, 0.2) is 36.0 Å². The number of nitro groups is 1. The predicted molar refractivity (Wildman–Crippen MR) is 79.8 cm³/mol. The van der Waals surface area contributed by atoms with Crippen molar-refractivity contribution in [2.45, 2.75) is 23.8 Å². The van der Waals surface area contributed by atoms with E-state index in [-0.39, 0.29) is 35.7 Å². The van der Waals surface area contributed by atoms with Crippen molar-refractivity contribution in [3.8, 4) is 0 Å². The third-order valence-corrected chi connectivity index (χ3v) is 4.60. The van der Waals surface area contributed by atoms with Crippen LogP contribution >= 0.6 is 11.8 Å². The van der Waals surface area contributed by atoms with Crippen LogP contribution in [-0.2, 0) is 20.9 Å². The van der Waals surface area contributed by atoms with Gasteiger partial charge in [-0.3, -0.25) is 19.8 Å². The molecule has 0 saturated carbocycles. The zero-order chi connectivity index (χ0) is 16.6. The molecule has 1 aromatic carbocycles. The summed E-state index contributed by atoms with van der Waals surface area (Å²) in [4.78, 5) is 35.1. The van der Waals surface area contributed by atoms with E-state index >= 15 is 0 Å². The molecule has 2 aliphatic heterocycles. The molecule has 1 saturated heterocycles. The lowest BCUT2D eigenvalue weighted by Crippen LogP contribution is -2.54. The number of amides is 1. The predicted octanol–water partition coefficient (Wildman–Crippen LogP) is 1.15. The van der Waals surface area contributed by atoms with Gasteiger partial charge in [-0.15, -0.1) is 11.8 Å². The number of nitrogens with zero attached hydrogens (tertiary/aromatic N) is 2. The number of hydrogen-bond donors (Lipinski definition) is 1. The molecule has 0 radical (unpaired) electrons. The summed E-state index contributed by atoms with van der Waals surface area (Å²) in [6.07, 6.45) is 1.57. The fourth-order valence-corrected chi connectivity index (χ4v) is 3.43. The van der Waals surface area contributed by atoms with Gasteiger partial charge in [0.1, 0.15) is 17.7 Å². The van der Waals surface area contributed by atoms with Crippen molar-refractivity contribution in [2.24, 2.45) is 0 Å². The van der Waals surface area contributed by atoms with E-state index in [0.29, 0.717) is 5.56 Å². The van der Waals surface area contributed by atoms with Gasteiger partial charge in [0.15, 0.2) is 0 Å². The zero-order valence-corrected chi connectivity index (χ0v) is 12.6. The summed E-state index contributed by atoms with van der Waals surface area (Å²) in [6.45, 7) is -0.0793. The van der Waals surface area contributed by atoms with Crippen LogP contribution in [0.4, 0.5) is 5.69 Å². The lowest BCUT2D eigenvalue weighted by atomic mass is 10.1. The highest BCUT2D eigenvalue weighted by molar-refractivity contribution is 8.00. The number of fused-ring (bicyclic) bond motifs is 1. The molecule has 1 fully saturated rings. The highest BCUT2D eigenvalue weighted by atomic mass is 32.2. The number of β-lactam (4-membered cyclic amide) rings is 1. The normalized spacial score (nSPS) is 22.7. The van der Waals surface area contributed by atoms with Crippen molar-refractivity contribution in [3.05, 3.63) is 51.7 Å². The second-order valence-electron chi connectivity index (χ2n) is 5.00. The molecular weight excluding hydrogens is 324 g/mol. The first-order chi connectivity index (χ1) is 11.0. The minimum atomic E-state index is -0.855. The van der Waals surface area contributed by atoms with Crippen LogP contribution < -0.4 is 0 Å². The number of aliphatic hydroxyl groups excluding tert-OH is 1. The lowest BCUT2D eigenvalue weighted by molar-refractivity contribution is -0.384. The Kier molecular flexibility index (Phi) is 4.05. The van der Waals surface area contributed by atoms with Gasteiger partial charge in [-0.2, -0.15) is 0 Å². The van der Waals surface area contributed by atoms with E-state index in [1.165, 1.54) is 47.0 Å². The molecule has 120 valence electrons. The van der Waals surface area contributed by atoms with E-state index in [9.17, 15) is 24.8 Å². The molecule has 8 nitrogen and oxygen atoms in total. The highest BCUT2D eigenvalue weighted by Crippen LogP contribution is 2.39. The van der Waals surface area contributed by atoms with Crippen LogP contribution in [0.3, 0.4) is 0 Å². The number of hydrogen-bond acceptors (Lipinski definition) is 7. The molecule has 1 N–H and O–H groups in total. The molecule has 0 aliphatic carbocycles. The van der Waals surface area contributed by atoms with Crippen LogP contribution in [0, 0.1) is 10.1 Å². The molecule has 0 spiro atoms. The number of rotatable bonds is 4. The number of esters is 1. The van der Waals surface area contributed by atoms with Crippen molar-refractivity contribution in [3.63, 3.8) is 0 Å². The van der Waals surface area contributed by atoms with E-state index < -0.39 is 16.3 Å². The first-order valence-electron chi connectivity index (χ1n) is 6.73. The Bertz CT molecular complexity index is 702. The van der Waals surface area contributed by atoms with Crippen molar-refractivity contribution in [2.75, 3.05) is 0 Å². The van der Waals surface area contributed by atoms with Crippen LogP contribution in [-0.4, -0.2) is 37.6 Å². The number of ether oxygens (including phenoxy) is 1. The Balaban J connectivity index is 1.65. The average molecular weight is 336 g/mol. The van der Waals surface area contributed by atoms with Gasteiger partial charge < -0.3 is 9.84 Å². The van der Waals surface area contributed by atoms with Gasteiger partial charge in [0.05, 0.1) is 16.7 Å². The minimum absolute atomic E-state index is 0.0411. The molecule has 2 aliphatic rings. The summed E-state index contributed by atoms with van der Waals surface area (Å²) < 4.78 is 5.13. The number of carbonyl (C=O) groups is 2. The quantitative estimate of drug-likeness (QED) is 0.380. The van der Waals surface area contributed by atoms with Gasteiger partial charge in [-0.25, -0.2) is 4.79 Å². The standard InChI is InChI=1S/C14H12N2O6S/c17-11-6-12-15(11)10(5-13(18)23-12)14(19)22-7-8-1-3-9(4-2-8)16(20)21/h1-5,12-13,18H,6-7H2/t12-,13?/m1/s1. The van der Waals surface area contributed by atoms with Crippen LogP contribution in [0.1, 0.15) is 12.0 Å². The Morgan fingerprint density at radius 1 is 1.43 bits per heavy atom. The largest absolute Gasteiger partial charge is 0.456 e. The number of thioether (sulfide) groups is 1. The van der Waals surface area contributed by atoms with Gasteiger partial charge in [0.25, 0.3) is 5.69 Å². The molecule has 2 heterocycles. The average Bonchev–Trinajstić information content (AvgIpc) is 2.51. The van der Waals surface area contributed by atoms with Crippen LogP contribution in [0.25, 0.3) is 0 Å². The van der Waals surface area contributed by atoms with Gasteiger partial charge in [0.2, 0.25) is 5.91 Å². The second kappa shape index (κ2) is 6.01. The minimum Gasteiger partial charge on any atom is -0.456 e. The van der Waals surface area contributed by atoms with Crippen molar-refractivity contribution in [1.29, 1.82) is 0 Å². The van der Waals surface area contributed by atoms with Gasteiger partial charge in [-0.1, -0.05) is 0 Å². The fourth-order valence-electron chi connectivity index (χ4n) is 2.30. The molecule has 0 bridgehead atoms. The van der Waals surface area contributed by atoms with E-state index in [4.69, 9.17) is 4.74 Å². The van der Waals surface area contributed by atoms with Crippen LogP contribution in [0.2, 0.25) is 0 Å². The summed E-state index contributed by atoms with van der Waals surface area (Å²) in [5, 5.41) is 20.0. The van der Waals surface area contributed by atoms with Crippen molar-refractivity contribution < 1.29 is 24.4 Å². The monoisotopic (exact) mass is 336 g/mol. The highest BCUT2D eigenvalue weighted by Gasteiger charge is 2.45. The fraction of sp³-hybridized carbons (Fsp3) is 0.286. The third kappa shape index (κ3) is 3.06. The summed E-state index contributed by atoms with van der Waals surface area (Å²) in [7, 11) is 0. The van der Waals surface area contributed by atoms with E-state index in [1.807, 2.05) is 0 Å². The van der Waals surface area contributed by atoms with Gasteiger partial charge >= 0.3 is 5.97 Å². The smallest absolute Gasteiger partial charge is 0.355 e. The maximum atomic E-state index is 12.1. The van der Waals surface area contributed by atoms with Gasteiger partial charge in [-0.05, 0) is 23.8 Å². The number of benzene rings is 1. The summed E-state index contributed by atoms with van der Waals surface area (Å²) >= 11 is 1.19. The SMILES string of the molecule is O=C(OCc1ccc([N+](=O)[O-])cc1)C1=CC(O)S[C@@H]2CC(=O)N12. The maximum Gasteiger partial charge on any atom is 0.355 e. The van der Waals surface area contributed by atoms with Crippen molar-refractivity contribution >= 4 is 29.3 Å². The molecular formula is C14H12N2O6S. The molecule has 1 amide bonds. The molecule has 1 unspecified atom stereocenters.